The van der Waals surface area contributed by atoms with Crippen LogP contribution in [0, 0.1) is 5.41 Å². The van der Waals surface area contributed by atoms with Gasteiger partial charge in [-0.25, -0.2) is 4.98 Å². The molecule has 2 aliphatic rings. The number of anilines is 2. The summed E-state index contributed by atoms with van der Waals surface area (Å²) in [5.74, 6) is -1.11. The Labute approximate surface area is 209 Å². The number of nitrogens with two attached hydrogens (primary N) is 1. The number of rotatable bonds is 8. The number of carboxylic acids is 1. The maximum absolute atomic E-state index is 12.2. The van der Waals surface area contributed by atoms with Crippen LogP contribution in [0.15, 0.2) is 42.7 Å². The first-order chi connectivity index (χ1) is 17.2. The molecule has 1 unspecified atom stereocenters. The molecule has 5 rings (SSSR count). The van der Waals surface area contributed by atoms with Crippen molar-refractivity contribution in [2.24, 2.45) is 11.1 Å². The second kappa shape index (κ2) is 9.18. The van der Waals surface area contributed by atoms with Gasteiger partial charge in [0.2, 0.25) is 11.9 Å². The number of aliphatic carboxylic acids is 1. The number of hydrogen-bond acceptors (Lipinski definition) is 7. The van der Waals surface area contributed by atoms with E-state index in [-0.39, 0.29) is 6.42 Å². The zero-order chi connectivity index (χ0) is 25.5. The highest BCUT2D eigenvalue weighted by Gasteiger charge is 2.52. The molecular formula is C26H32N6O4. The summed E-state index contributed by atoms with van der Waals surface area (Å²) in [5.41, 5.74) is 5.86. The molecule has 3 heterocycles. The summed E-state index contributed by atoms with van der Waals surface area (Å²) in [6, 6.07) is 8.81. The first-order valence-electron chi connectivity index (χ1n) is 12.3. The van der Waals surface area contributed by atoms with Gasteiger partial charge < -0.3 is 30.7 Å². The molecular weight excluding hydrogens is 460 g/mol. The van der Waals surface area contributed by atoms with Gasteiger partial charge in [0.05, 0.1) is 17.1 Å². The topological polar surface area (TPSA) is 147 Å². The highest BCUT2D eigenvalue weighted by atomic mass is 16.4. The van der Waals surface area contributed by atoms with Crippen molar-refractivity contribution in [3.63, 3.8) is 0 Å². The minimum absolute atomic E-state index is 0.0803. The Morgan fingerprint density at radius 1 is 1.14 bits per heavy atom. The lowest BCUT2D eigenvalue weighted by Gasteiger charge is -2.44. The molecule has 1 aliphatic carbocycles. The molecule has 2 fully saturated rings. The van der Waals surface area contributed by atoms with Crippen molar-refractivity contribution in [2.45, 2.75) is 50.2 Å². The van der Waals surface area contributed by atoms with Gasteiger partial charge in [0.1, 0.15) is 5.65 Å². The van der Waals surface area contributed by atoms with Crippen LogP contribution < -0.4 is 11.1 Å². The van der Waals surface area contributed by atoms with Crippen LogP contribution in [0.1, 0.15) is 50.1 Å². The first-order valence-corrected chi connectivity index (χ1v) is 12.3. The van der Waals surface area contributed by atoms with Crippen molar-refractivity contribution in [3.05, 3.63) is 48.3 Å². The molecule has 1 aliphatic heterocycles. The minimum atomic E-state index is -1.04. The maximum atomic E-state index is 12.2. The van der Waals surface area contributed by atoms with Crippen molar-refractivity contribution in [2.75, 3.05) is 25.5 Å². The number of piperidine rings is 1. The maximum Gasteiger partial charge on any atom is 0.311 e. The third-order valence-corrected chi connectivity index (χ3v) is 7.99. The number of likely N-dealkylation sites (tertiary alicyclic amines) is 1. The predicted octanol–water partition coefficient (Wildman–Crippen LogP) is 2.76. The van der Waals surface area contributed by atoms with E-state index in [0.717, 1.165) is 36.1 Å². The van der Waals surface area contributed by atoms with Crippen LogP contribution in [0.5, 0.6) is 0 Å². The fourth-order valence-corrected chi connectivity index (χ4v) is 5.52. The van der Waals surface area contributed by atoms with Gasteiger partial charge >= 0.3 is 5.97 Å². The van der Waals surface area contributed by atoms with E-state index in [9.17, 15) is 19.8 Å². The van der Waals surface area contributed by atoms with Gasteiger partial charge in [-0.1, -0.05) is 18.6 Å². The van der Waals surface area contributed by atoms with Crippen LogP contribution >= 0.6 is 0 Å². The number of benzene rings is 1. The van der Waals surface area contributed by atoms with Gasteiger partial charge in [-0.15, -0.1) is 0 Å². The predicted molar refractivity (Wildman–Crippen MR) is 135 cm³/mol. The third kappa shape index (κ3) is 4.31. The average Bonchev–Trinajstić information content (AvgIpc) is 3.23. The smallest absolute Gasteiger partial charge is 0.311 e. The molecule has 0 radical (unpaired) electrons. The number of carbonyl (C=O) groups excluding carboxylic acids is 1. The van der Waals surface area contributed by atoms with E-state index >= 15 is 0 Å². The summed E-state index contributed by atoms with van der Waals surface area (Å²) in [7, 11) is 2.06. The molecule has 1 saturated carbocycles. The van der Waals surface area contributed by atoms with Gasteiger partial charge in [0, 0.05) is 43.0 Å². The first kappa shape index (κ1) is 24.2. The third-order valence-electron chi connectivity index (χ3n) is 7.99. The Hall–Kier alpha value is -3.50. The lowest BCUT2D eigenvalue weighted by Crippen LogP contribution is -2.46. The Morgan fingerprint density at radius 2 is 1.83 bits per heavy atom. The van der Waals surface area contributed by atoms with Crippen molar-refractivity contribution >= 4 is 34.5 Å². The second-order valence-corrected chi connectivity index (χ2v) is 10.2. The number of nitrogens with zero attached hydrogens (tertiary/aromatic N) is 4. The van der Waals surface area contributed by atoms with Crippen LogP contribution in [-0.4, -0.2) is 61.7 Å². The van der Waals surface area contributed by atoms with E-state index in [1.165, 1.54) is 0 Å². The molecule has 0 bridgehead atoms. The minimum Gasteiger partial charge on any atom is -0.481 e. The highest BCUT2D eigenvalue weighted by Crippen LogP contribution is 2.51. The Balaban J connectivity index is 1.41. The zero-order valence-corrected chi connectivity index (χ0v) is 20.4. The molecule has 2 aromatic heterocycles. The SMILES string of the molecule is CN1CCC(O)(c2ccc(Nc3ncc4ccn(C(CC(N)=O)C5(C(=O)O)CCC5)c4n3)cc2)CC1. The van der Waals surface area contributed by atoms with Gasteiger partial charge in [-0.3, -0.25) is 9.59 Å². The quantitative estimate of drug-likeness (QED) is 0.375. The number of nitrogens with one attached hydrogen (secondary N) is 1. The second-order valence-electron chi connectivity index (χ2n) is 10.2. The van der Waals surface area contributed by atoms with E-state index in [0.29, 0.717) is 37.3 Å². The number of fused-ring (bicyclic) bond motifs is 1. The lowest BCUT2D eigenvalue weighted by atomic mass is 9.63. The highest BCUT2D eigenvalue weighted by molar-refractivity contribution is 5.82. The monoisotopic (exact) mass is 492 g/mol. The largest absolute Gasteiger partial charge is 0.481 e. The van der Waals surface area contributed by atoms with E-state index in [2.05, 4.69) is 27.2 Å². The molecule has 1 aromatic carbocycles. The summed E-state index contributed by atoms with van der Waals surface area (Å²) < 4.78 is 1.76. The summed E-state index contributed by atoms with van der Waals surface area (Å²) in [6.07, 6.45) is 6.52. The fourth-order valence-electron chi connectivity index (χ4n) is 5.52. The molecule has 3 aromatic rings. The summed E-state index contributed by atoms with van der Waals surface area (Å²) in [4.78, 5) is 35.4. The van der Waals surface area contributed by atoms with Gasteiger partial charge in [0.15, 0.2) is 0 Å². The van der Waals surface area contributed by atoms with E-state index in [1.54, 1.807) is 17.0 Å². The normalized spacial score (nSPS) is 19.9. The summed E-state index contributed by atoms with van der Waals surface area (Å²) in [5, 5.41) is 25.0. The number of amides is 1. The molecule has 0 spiro atoms. The van der Waals surface area contributed by atoms with Gasteiger partial charge in [-0.2, -0.15) is 4.98 Å². The molecule has 5 N–H and O–H groups in total. The Morgan fingerprint density at radius 3 is 2.42 bits per heavy atom. The van der Waals surface area contributed by atoms with Gasteiger partial charge in [0.25, 0.3) is 0 Å². The van der Waals surface area contributed by atoms with Crippen molar-refractivity contribution < 1.29 is 19.8 Å². The molecule has 10 heteroatoms. The summed E-state index contributed by atoms with van der Waals surface area (Å²) >= 11 is 0. The molecule has 10 nitrogen and oxygen atoms in total. The van der Waals surface area contributed by atoms with E-state index in [4.69, 9.17) is 5.73 Å². The Bertz CT molecular complexity index is 1280. The fraction of sp³-hybridized carbons (Fsp3) is 0.462. The number of carbonyl (C=O) groups is 2. The van der Waals surface area contributed by atoms with E-state index in [1.807, 2.05) is 30.3 Å². The summed E-state index contributed by atoms with van der Waals surface area (Å²) in [6.45, 7) is 1.70. The van der Waals surface area contributed by atoms with Crippen LogP contribution in [0.3, 0.4) is 0 Å². The molecule has 1 saturated heterocycles. The van der Waals surface area contributed by atoms with E-state index < -0.39 is 28.9 Å². The number of hydrogen-bond donors (Lipinski definition) is 4. The molecule has 1 atom stereocenters. The zero-order valence-electron chi connectivity index (χ0n) is 20.4. The van der Waals surface area contributed by atoms with Crippen molar-refractivity contribution in [1.82, 2.24) is 19.4 Å². The van der Waals surface area contributed by atoms with Gasteiger partial charge in [-0.05, 0) is 56.5 Å². The number of primary amides is 1. The van der Waals surface area contributed by atoms with Crippen LogP contribution in [0.25, 0.3) is 11.0 Å². The average molecular weight is 493 g/mol. The number of carboxylic acid groups (broad SMARTS) is 1. The standard InChI is InChI=1S/C26H32N6O4/c1-31-13-10-26(36,11-14-31)18-3-5-19(6-4-18)29-24-28-16-17-7-12-32(22(17)30-24)20(15-21(27)33)25(23(34)35)8-2-9-25/h3-7,12,16,20,36H,2,8-11,13-15H2,1H3,(H2,27,33)(H,34,35)(H,28,29,30). The lowest BCUT2D eigenvalue weighted by molar-refractivity contribution is -0.159. The van der Waals surface area contributed by atoms with Crippen LogP contribution in [0.2, 0.25) is 0 Å². The number of aliphatic hydroxyl groups is 1. The molecule has 36 heavy (non-hydrogen) atoms. The molecule has 1 amide bonds. The number of aromatic nitrogens is 3. The Kier molecular flexibility index (Phi) is 6.17. The van der Waals surface area contributed by atoms with Crippen LogP contribution in [0.4, 0.5) is 11.6 Å². The van der Waals surface area contributed by atoms with Crippen molar-refractivity contribution in [3.8, 4) is 0 Å². The van der Waals surface area contributed by atoms with Crippen molar-refractivity contribution in [1.29, 1.82) is 0 Å². The molecule has 190 valence electrons. The van der Waals surface area contributed by atoms with Crippen LogP contribution in [-0.2, 0) is 15.2 Å².